The second-order valence-electron chi connectivity index (χ2n) is 4.45. The molecule has 0 radical (unpaired) electrons. The highest BCUT2D eigenvalue weighted by molar-refractivity contribution is 9.10. The molecule has 0 spiro atoms. The van der Waals surface area contributed by atoms with Crippen LogP contribution in [0.1, 0.15) is 26.2 Å². The van der Waals surface area contributed by atoms with Gasteiger partial charge < -0.3 is 10.1 Å². The van der Waals surface area contributed by atoms with Crippen molar-refractivity contribution in [3.63, 3.8) is 0 Å². The number of nitrogens with zero attached hydrogens (tertiary/aromatic N) is 2. The Balaban J connectivity index is 2.19. The van der Waals surface area contributed by atoms with Crippen LogP contribution in [0.25, 0.3) is 0 Å². The molecule has 0 saturated heterocycles. The molecule has 0 bridgehead atoms. The zero-order valence-corrected chi connectivity index (χ0v) is 12.2. The van der Waals surface area contributed by atoms with Gasteiger partial charge in [-0.05, 0) is 42.1 Å². The summed E-state index contributed by atoms with van der Waals surface area (Å²) in [4.78, 5) is 11.9. The average molecular weight is 316 g/mol. The fraction of sp³-hybridized carbons (Fsp3) is 0.667. The molecule has 2 unspecified atom stereocenters. The summed E-state index contributed by atoms with van der Waals surface area (Å²) in [5, 5.41) is 7.48. The lowest BCUT2D eigenvalue weighted by Gasteiger charge is -2.21. The number of hydrogen-bond donors (Lipinski definition) is 1. The molecule has 100 valence electrons. The van der Waals surface area contributed by atoms with Crippen LogP contribution in [-0.2, 0) is 11.3 Å². The van der Waals surface area contributed by atoms with Crippen LogP contribution < -0.4 is 10.9 Å². The van der Waals surface area contributed by atoms with Crippen LogP contribution in [0, 0.1) is 0 Å². The van der Waals surface area contributed by atoms with E-state index in [2.05, 4.69) is 26.3 Å². The molecule has 2 rings (SSSR count). The molecule has 0 amide bonds. The lowest BCUT2D eigenvalue weighted by atomic mass is 10.2. The van der Waals surface area contributed by atoms with Gasteiger partial charge in [0.25, 0.3) is 5.56 Å². The summed E-state index contributed by atoms with van der Waals surface area (Å²) >= 11 is 3.34. The average Bonchev–Trinajstić information content (AvgIpc) is 2.82. The number of rotatable bonds is 4. The standard InChI is InChI=1S/C12H18BrN3O2/c1-3-16-12(17)11(13)9(7-14-16)15-8-5-4-6-10(8)18-2/h7-8,10,15H,3-6H2,1-2H3. The van der Waals surface area contributed by atoms with Crippen molar-refractivity contribution in [3.8, 4) is 0 Å². The minimum absolute atomic E-state index is 0.102. The molecule has 5 nitrogen and oxygen atoms in total. The van der Waals surface area contributed by atoms with E-state index in [1.54, 1.807) is 13.3 Å². The Morgan fingerprint density at radius 1 is 1.61 bits per heavy atom. The van der Waals surface area contributed by atoms with Gasteiger partial charge in [0.05, 0.1) is 24.0 Å². The number of methoxy groups -OCH3 is 1. The SMILES string of the molecule is CCn1ncc(NC2CCCC2OC)c(Br)c1=O. The monoisotopic (exact) mass is 315 g/mol. The Hall–Kier alpha value is -0.880. The minimum Gasteiger partial charge on any atom is -0.379 e. The molecular formula is C12H18BrN3O2. The Kier molecular flexibility index (Phi) is 4.40. The van der Waals surface area contributed by atoms with Crippen LogP contribution in [0.15, 0.2) is 15.5 Å². The Morgan fingerprint density at radius 3 is 3.06 bits per heavy atom. The molecule has 1 heterocycles. The van der Waals surface area contributed by atoms with Crippen molar-refractivity contribution in [1.29, 1.82) is 0 Å². The Bertz CT molecular complexity index is 475. The summed E-state index contributed by atoms with van der Waals surface area (Å²) in [5.41, 5.74) is 0.646. The van der Waals surface area contributed by atoms with E-state index in [-0.39, 0.29) is 17.7 Å². The van der Waals surface area contributed by atoms with Gasteiger partial charge >= 0.3 is 0 Å². The van der Waals surface area contributed by atoms with Crippen molar-refractivity contribution in [3.05, 3.63) is 21.0 Å². The second-order valence-corrected chi connectivity index (χ2v) is 5.24. The molecule has 1 fully saturated rings. The van der Waals surface area contributed by atoms with E-state index in [9.17, 15) is 4.79 Å². The van der Waals surface area contributed by atoms with Crippen LogP contribution in [0.4, 0.5) is 5.69 Å². The summed E-state index contributed by atoms with van der Waals surface area (Å²) in [7, 11) is 1.73. The first kappa shape index (κ1) is 13.5. The van der Waals surface area contributed by atoms with Gasteiger partial charge in [0.15, 0.2) is 0 Å². The van der Waals surface area contributed by atoms with Crippen molar-refractivity contribution < 1.29 is 4.74 Å². The fourth-order valence-electron chi connectivity index (χ4n) is 2.36. The zero-order chi connectivity index (χ0) is 13.1. The molecule has 1 aliphatic carbocycles. The summed E-state index contributed by atoms with van der Waals surface area (Å²) in [6, 6.07) is 0.255. The molecule has 1 aliphatic rings. The van der Waals surface area contributed by atoms with Crippen molar-refractivity contribution in [2.24, 2.45) is 0 Å². The lowest BCUT2D eigenvalue weighted by Crippen LogP contribution is -2.31. The van der Waals surface area contributed by atoms with E-state index in [0.29, 0.717) is 11.0 Å². The highest BCUT2D eigenvalue weighted by Gasteiger charge is 2.27. The van der Waals surface area contributed by atoms with Crippen molar-refractivity contribution >= 4 is 21.6 Å². The second kappa shape index (κ2) is 5.84. The van der Waals surface area contributed by atoms with E-state index >= 15 is 0 Å². The van der Waals surface area contributed by atoms with Crippen LogP contribution in [0.2, 0.25) is 0 Å². The first-order valence-corrected chi connectivity index (χ1v) is 7.01. The largest absolute Gasteiger partial charge is 0.379 e. The fourth-order valence-corrected chi connectivity index (χ4v) is 2.79. The summed E-state index contributed by atoms with van der Waals surface area (Å²) in [6.07, 6.45) is 5.17. The maximum atomic E-state index is 11.9. The number of nitrogens with one attached hydrogen (secondary N) is 1. The van der Waals surface area contributed by atoms with E-state index in [1.807, 2.05) is 6.92 Å². The molecule has 6 heteroatoms. The molecule has 2 atom stereocenters. The molecule has 1 saturated carbocycles. The van der Waals surface area contributed by atoms with E-state index in [0.717, 1.165) is 24.9 Å². The zero-order valence-electron chi connectivity index (χ0n) is 10.6. The Labute approximate surface area is 115 Å². The number of halogens is 1. The molecule has 0 aromatic carbocycles. The van der Waals surface area contributed by atoms with Gasteiger partial charge in [0.2, 0.25) is 0 Å². The van der Waals surface area contributed by atoms with Gasteiger partial charge in [0, 0.05) is 13.7 Å². The maximum absolute atomic E-state index is 11.9. The van der Waals surface area contributed by atoms with Crippen LogP contribution in [-0.4, -0.2) is 29.0 Å². The molecule has 1 aromatic heterocycles. The van der Waals surface area contributed by atoms with Crippen molar-refractivity contribution in [1.82, 2.24) is 9.78 Å². The normalized spacial score (nSPS) is 23.3. The highest BCUT2D eigenvalue weighted by Crippen LogP contribution is 2.26. The minimum atomic E-state index is -0.102. The van der Waals surface area contributed by atoms with Crippen molar-refractivity contribution in [2.75, 3.05) is 12.4 Å². The van der Waals surface area contributed by atoms with Gasteiger partial charge in [-0.1, -0.05) is 0 Å². The van der Waals surface area contributed by atoms with Crippen LogP contribution in [0.5, 0.6) is 0 Å². The van der Waals surface area contributed by atoms with E-state index < -0.39 is 0 Å². The van der Waals surface area contributed by atoms with Crippen LogP contribution >= 0.6 is 15.9 Å². The van der Waals surface area contributed by atoms with E-state index in [4.69, 9.17) is 4.74 Å². The first-order chi connectivity index (χ1) is 8.67. The molecule has 18 heavy (non-hydrogen) atoms. The van der Waals surface area contributed by atoms with Crippen molar-refractivity contribution in [2.45, 2.75) is 44.9 Å². The van der Waals surface area contributed by atoms with Gasteiger partial charge in [-0.2, -0.15) is 5.10 Å². The van der Waals surface area contributed by atoms with E-state index in [1.165, 1.54) is 4.68 Å². The number of aromatic nitrogens is 2. The lowest BCUT2D eigenvalue weighted by molar-refractivity contribution is 0.101. The molecule has 0 aliphatic heterocycles. The number of ether oxygens (including phenoxy) is 1. The predicted molar refractivity (Wildman–Crippen MR) is 73.9 cm³/mol. The summed E-state index contributed by atoms with van der Waals surface area (Å²) < 4.78 is 7.40. The predicted octanol–water partition coefficient (Wildman–Crippen LogP) is 2.01. The van der Waals surface area contributed by atoms with Crippen LogP contribution in [0.3, 0.4) is 0 Å². The molecule has 1 N–H and O–H groups in total. The topological polar surface area (TPSA) is 56.1 Å². The van der Waals surface area contributed by atoms with Gasteiger partial charge in [-0.15, -0.1) is 0 Å². The third-order valence-electron chi connectivity index (χ3n) is 3.38. The number of hydrogen-bond acceptors (Lipinski definition) is 4. The Morgan fingerprint density at radius 2 is 2.39 bits per heavy atom. The quantitative estimate of drug-likeness (QED) is 0.923. The smallest absolute Gasteiger partial charge is 0.283 e. The third kappa shape index (κ3) is 2.59. The van der Waals surface area contributed by atoms with Gasteiger partial charge in [0.1, 0.15) is 4.47 Å². The number of aryl methyl sites for hydroxylation is 1. The highest BCUT2D eigenvalue weighted by atomic mass is 79.9. The first-order valence-electron chi connectivity index (χ1n) is 6.22. The third-order valence-corrected chi connectivity index (χ3v) is 4.15. The van der Waals surface area contributed by atoms with Gasteiger partial charge in [-0.25, -0.2) is 4.68 Å². The number of anilines is 1. The summed E-state index contributed by atoms with van der Waals surface area (Å²) in [6.45, 7) is 2.47. The molecule has 1 aromatic rings. The van der Waals surface area contributed by atoms with Gasteiger partial charge in [-0.3, -0.25) is 4.79 Å². The summed E-state index contributed by atoms with van der Waals surface area (Å²) in [5.74, 6) is 0. The molecular weight excluding hydrogens is 298 g/mol. The maximum Gasteiger partial charge on any atom is 0.283 e.